The van der Waals surface area contributed by atoms with Crippen molar-refractivity contribution in [3.8, 4) is 11.8 Å². The third kappa shape index (κ3) is 3.78. The summed E-state index contributed by atoms with van der Waals surface area (Å²) in [6.07, 6.45) is 1.11. The Balaban J connectivity index is 2.05. The van der Waals surface area contributed by atoms with E-state index in [1.807, 2.05) is 40.9 Å². The zero-order valence-electron chi connectivity index (χ0n) is 11.8. The molecule has 3 nitrogen and oxygen atoms in total. The molecule has 1 unspecified atom stereocenters. The van der Waals surface area contributed by atoms with Gasteiger partial charge < -0.3 is 10.6 Å². The Morgan fingerprint density at radius 2 is 2.20 bits per heavy atom. The van der Waals surface area contributed by atoms with E-state index < -0.39 is 0 Å². The molecule has 20 heavy (non-hydrogen) atoms. The molecular weight excluding hydrogens is 268 g/mol. The van der Waals surface area contributed by atoms with Crippen LogP contribution in [0.1, 0.15) is 29.3 Å². The first-order chi connectivity index (χ1) is 9.74. The number of rotatable bonds is 2. The summed E-state index contributed by atoms with van der Waals surface area (Å²) in [7, 11) is 0. The van der Waals surface area contributed by atoms with Crippen LogP contribution in [0.2, 0.25) is 0 Å². The van der Waals surface area contributed by atoms with Crippen molar-refractivity contribution in [3.05, 3.63) is 35.4 Å². The van der Waals surface area contributed by atoms with Gasteiger partial charge in [0, 0.05) is 35.2 Å². The number of benzene rings is 1. The van der Waals surface area contributed by atoms with Crippen LogP contribution in [0.4, 0.5) is 0 Å². The molecule has 4 heteroatoms. The summed E-state index contributed by atoms with van der Waals surface area (Å²) in [5, 5.41) is 0.572. The number of amides is 1. The van der Waals surface area contributed by atoms with Crippen LogP contribution in [0.25, 0.3) is 0 Å². The Bertz CT molecular complexity index is 516. The molecule has 1 aliphatic heterocycles. The number of thioether (sulfide) groups is 1. The Hall–Kier alpha value is -1.44. The molecule has 106 valence electrons. The van der Waals surface area contributed by atoms with E-state index in [0.717, 1.165) is 36.4 Å². The first kappa shape index (κ1) is 15.0. The van der Waals surface area contributed by atoms with Crippen molar-refractivity contribution in [3.63, 3.8) is 0 Å². The van der Waals surface area contributed by atoms with Crippen LogP contribution in [0.3, 0.4) is 0 Å². The van der Waals surface area contributed by atoms with Crippen LogP contribution >= 0.6 is 11.8 Å². The van der Waals surface area contributed by atoms with E-state index in [1.165, 1.54) is 0 Å². The van der Waals surface area contributed by atoms with E-state index in [1.54, 1.807) is 0 Å². The topological polar surface area (TPSA) is 46.3 Å². The van der Waals surface area contributed by atoms with Crippen molar-refractivity contribution in [2.24, 2.45) is 5.73 Å². The van der Waals surface area contributed by atoms with Crippen LogP contribution in [0, 0.1) is 11.8 Å². The van der Waals surface area contributed by atoms with Crippen molar-refractivity contribution in [2.45, 2.75) is 18.6 Å². The molecule has 1 aromatic rings. The molecule has 0 aromatic heterocycles. The maximum atomic E-state index is 12.4. The van der Waals surface area contributed by atoms with Gasteiger partial charge >= 0.3 is 0 Å². The van der Waals surface area contributed by atoms with E-state index in [-0.39, 0.29) is 5.91 Å². The van der Waals surface area contributed by atoms with Crippen LogP contribution < -0.4 is 5.73 Å². The van der Waals surface area contributed by atoms with E-state index in [2.05, 4.69) is 18.8 Å². The smallest absolute Gasteiger partial charge is 0.253 e. The van der Waals surface area contributed by atoms with Gasteiger partial charge in [0.15, 0.2) is 0 Å². The lowest BCUT2D eigenvalue weighted by Crippen LogP contribution is -2.41. The van der Waals surface area contributed by atoms with Crippen LogP contribution in [0.5, 0.6) is 0 Å². The van der Waals surface area contributed by atoms with Gasteiger partial charge in [-0.25, -0.2) is 0 Å². The molecule has 0 radical (unpaired) electrons. The third-order valence-electron chi connectivity index (χ3n) is 3.35. The summed E-state index contributed by atoms with van der Waals surface area (Å²) >= 11 is 1.97. The number of hydrogen-bond acceptors (Lipinski definition) is 3. The molecule has 2 rings (SSSR count). The Morgan fingerprint density at radius 3 is 2.85 bits per heavy atom. The molecule has 1 fully saturated rings. The second-order valence-corrected chi connectivity index (χ2v) is 6.14. The Labute approximate surface area is 124 Å². The zero-order valence-corrected chi connectivity index (χ0v) is 12.6. The lowest BCUT2D eigenvalue weighted by atomic mass is 10.1. The average molecular weight is 288 g/mol. The summed E-state index contributed by atoms with van der Waals surface area (Å²) in [4.78, 5) is 14.4. The third-order valence-corrected chi connectivity index (χ3v) is 4.72. The molecule has 1 saturated heterocycles. The second-order valence-electron chi connectivity index (χ2n) is 4.74. The Morgan fingerprint density at radius 1 is 1.45 bits per heavy atom. The predicted octanol–water partition coefficient (Wildman–Crippen LogP) is 1.96. The largest absolute Gasteiger partial charge is 0.337 e. The van der Waals surface area contributed by atoms with E-state index in [0.29, 0.717) is 11.8 Å². The number of carbonyl (C=O) groups excluding carboxylic acids is 1. The normalized spacial score (nSPS) is 18.3. The monoisotopic (exact) mass is 288 g/mol. The number of nitrogens with zero attached hydrogens (tertiary/aromatic N) is 1. The van der Waals surface area contributed by atoms with Gasteiger partial charge in [0.05, 0.1) is 6.54 Å². The summed E-state index contributed by atoms with van der Waals surface area (Å²) in [5.41, 5.74) is 6.98. The van der Waals surface area contributed by atoms with E-state index in [4.69, 9.17) is 5.73 Å². The zero-order chi connectivity index (χ0) is 14.4. The highest BCUT2D eigenvalue weighted by atomic mass is 32.2. The minimum atomic E-state index is 0.127. The summed E-state index contributed by atoms with van der Waals surface area (Å²) in [6.45, 7) is 4.23. The van der Waals surface area contributed by atoms with Crippen LogP contribution in [-0.4, -0.2) is 41.4 Å². The van der Waals surface area contributed by atoms with Crippen LogP contribution in [0.15, 0.2) is 24.3 Å². The minimum Gasteiger partial charge on any atom is -0.337 e. The van der Waals surface area contributed by atoms with Gasteiger partial charge in [0.1, 0.15) is 0 Å². The van der Waals surface area contributed by atoms with Gasteiger partial charge in [-0.15, -0.1) is 0 Å². The number of hydrogen-bond donors (Lipinski definition) is 1. The predicted molar refractivity (Wildman–Crippen MR) is 84.8 cm³/mol. The maximum Gasteiger partial charge on any atom is 0.253 e. The molecule has 0 saturated carbocycles. The fourth-order valence-corrected chi connectivity index (χ4v) is 3.36. The molecule has 0 spiro atoms. The highest BCUT2D eigenvalue weighted by Gasteiger charge is 2.23. The Kier molecular flexibility index (Phi) is 5.51. The van der Waals surface area contributed by atoms with Crippen molar-refractivity contribution in [2.75, 3.05) is 25.4 Å². The fourth-order valence-electron chi connectivity index (χ4n) is 2.18. The van der Waals surface area contributed by atoms with Gasteiger partial charge in [0.2, 0.25) is 0 Å². The molecular formula is C16H20N2OS. The van der Waals surface area contributed by atoms with Gasteiger partial charge in [-0.1, -0.05) is 18.8 Å². The standard InChI is InChI=1S/C16H20N2OS/c1-2-15-12-18(10-11-20-15)16(19)14-7-5-13(6-8-14)4-3-9-17/h5-8,15H,2,9-12,17H2,1H3. The van der Waals surface area contributed by atoms with E-state index >= 15 is 0 Å². The maximum absolute atomic E-state index is 12.4. The van der Waals surface area contributed by atoms with E-state index in [9.17, 15) is 4.79 Å². The van der Waals surface area contributed by atoms with Crippen molar-refractivity contribution < 1.29 is 4.79 Å². The van der Waals surface area contributed by atoms with Crippen molar-refractivity contribution in [1.82, 2.24) is 4.90 Å². The number of carbonyl (C=O) groups is 1. The highest BCUT2D eigenvalue weighted by molar-refractivity contribution is 8.00. The quantitative estimate of drug-likeness (QED) is 0.846. The molecule has 1 atom stereocenters. The van der Waals surface area contributed by atoms with Gasteiger partial charge in [-0.2, -0.15) is 11.8 Å². The molecule has 1 aliphatic rings. The lowest BCUT2D eigenvalue weighted by molar-refractivity contribution is 0.0761. The molecule has 1 aromatic carbocycles. The minimum absolute atomic E-state index is 0.127. The first-order valence-electron chi connectivity index (χ1n) is 6.94. The highest BCUT2D eigenvalue weighted by Crippen LogP contribution is 2.22. The summed E-state index contributed by atoms with van der Waals surface area (Å²) in [5.74, 6) is 6.93. The summed E-state index contributed by atoms with van der Waals surface area (Å²) < 4.78 is 0. The molecule has 1 heterocycles. The average Bonchev–Trinajstić information content (AvgIpc) is 2.52. The van der Waals surface area contributed by atoms with Gasteiger partial charge in [0.25, 0.3) is 5.91 Å². The summed E-state index contributed by atoms with van der Waals surface area (Å²) in [6, 6.07) is 7.47. The molecule has 1 amide bonds. The van der Waals surface area contributed by atoms with Gasteiger partial charge in [-0.05, 0) is 30.7 Å². The molecule has 0 aliphatic carbocycles. The number of nitrogens with two attached hydrogens (primary N) is 1. The second kappa shape index (κ2) is 7.37. The fraction of sp³-hybridized carbons (Fsp3) is 0.438. The lowest BCUT2D eigenvalue weighted by Gasteiger charge is -2.32. The van der Waals surface area contributed by atoms with Crippen LogP contribution in [-0.2, 0) is 0 Å². The van der Waals surface area contributed by atoms with Crippen molar-refractivity contribution in [1.29, 1.82) is 0 Å². The SMILES string of the molecule is CCC1CN(C(=O)c2ccc(C#CCN)cc2)CCS1. The molecule has 0 bridgehead atoms. The first-order valence-corrected chi connectivity index (χ1v) is 7.99. The van der Waals surface area contributed by atoms with Gasteiger partial charge in [-0.3, -0.25) is 4.79 Å². The van der Waals surface area contributed by atoms with Crippen molar-refractivity contribution >= 4 is 17.7 Å². The molecule has 2 N–H and O–H groups in total.